The Morgan fingerprint density at radius 1 is 1.50 bits per heavy atom. The summed E-state index contributed by atoms with van der Waals surface area (Å²) in [6.45, 7) is 5.30. The Balaban J connectivity index is 2.79. The van der Waals surface area contributed by atoms with Crippen LogP contribution in [0, 0.1) is 0 Å². The number of hydrogen-bond acceptors (Lipinski definition) is 3. The Bertz CT molecular complexity index is 275. The predicted molar refractivity (Wildman–Crippen MR) is 61.9 cm³/mol. The molecule has 0 bridgehead atoms. The lowest BCUT2D eigenvalue weighted by Crippen LogP contribution is -2.28. The fourth-order valence-electron chi connectivity index (χ4n) is 1.48. The SMILES string of the molecule is CCC(CC)(Cn1cnnc1Cl)SC. The van der Waals surface area contributed by atoms with Crippen LogP contribution in [-0.2, 0) is 6.54 Å². The van der Waals surface area contributed by atoms with Crippen molar-refractivity contribution in [3.05, 3.63) is 11.6 Å². The van der Waals surface area contributed by atoms with E-state index >= 15 is 0 Å². The van der Waals surface area contributed by atoms with Crippen molar-refractivity contribution in [2.45, 2.75) is 38.0 Å². The molecule has 5 heteroatoms. The van der Waals surface area contributed by atoms with E-state index in [9.17, 15) is 0 Å². The highest BCUT2D eigenvalue weighted by molar-refractivity contribution is 8.00. The van der Waals surface area contributed by atoms with Gasteiger partial charge < -0.3 is 4.57 Å². The molecule has 0 aliphatic carbocycles. The topological polar surface area (TPSA) is 30.7 Å². The predicted octanol–water partition coefficient (Wildman–Crippen LogP) is 2.85. The molecule has 0 spiro atoms. The van der Waals surface area contributed by atoms with Gasteiger partial charge in [-0.1, -0.05) is 13.8 Å². The fourth-order valence-corrected chi connectivity index (χ4v) is 2.48. The Labute approximate surface area is 94.2 Å². The molecule has 0 unspecified atom stereocenters. The average Bonchev–Trinajstić information content (AvgIpc) is 2.61. The minimum atomic E-state index is 0.256. The van der Waals surface area contributed by atoms with Crippen molar-refractivity contribution >= 4 is 23.4 Å². The first-order chi connectivity index (χ1) is 6.67. The molecule has 0 saturated heterocycles. The molecule has 1 aromatic heterocycles. The van der Waals surface area contributed by atoms with Gasteiger partial charge in [-0.3, -0.25) is 0 Å². The summed E-state index contributed by atoms with van der Waals surface area (Å²) < 4.78 is 2.16. The zero-order valence-electron chi connectivity index (χ0n) is 8.83. The number of halogens is 1. The molecular weight excluding hydrogens is 218 g/mol. The molecular formula is C9H16ClN3S. The van der Waals surface area contributed by atoms with E-state index < -0.39 is 0 Å². The van der Waals surface area contributed by atoms with Crippen LogP contribution in [0.15, 0.2) is 6.33 Å². The van der Waals surface area contributed by atoms with Crippen LogP contribution in [-0.4, -0.2) is 25.8 Å². The number of aromatic nitrogens is 3. The number of nitrogens with zero attached hydrogens (tertiary/aromatic N) is 3. The maximum absolute atomic E-state index is 5.90. The molecule has 0 fully saturated rings. The summed E-state index contributed by atoms with van der Waals surface area (Å²) in [6.07, 6.45) is 6.09. The molecule has 1 rings (SSSR count). The standard InChI is InChI=1S/C9H16ClN3S/c1-4-9(5-2,14-3)6-13-7-11-12-8(13)10/h7H,4-6H2,1-3H3. The minimum absolute atomic E-state index is 0.256. The molecule has 0 aliphatic heterocycles. The molecule has 1 aromatic rings. The Hall–Kier alpha value is -0.220. The molecule has 80 valence electrons. The summed E-state index contributed by atoms with van der Waals surface area (Å²) in [5, 5.41) is 8.03. The highest BCUT2D eigenvalue weighted by Gasteiger charge is 2.26. The first-order valence-corrected chi connectivity index (χ1v) is 6.36. The Morgan fingerprint density at radius 2 is 2.14 bits per heavy atom. The van der Waals surface area contributed by atoms with Crippen molar-refractivity contribution in [1.29, 1.82) is 0 Å². The van der Waals surface area contributed by atoms with Crippen molar-refractivity contribution in [1.82, 2.24) is 14.8 Å². The summed E-state index contributed by atoms with van der Waals surface area (Å²) in [5.74, 6) is 0. The zero-order valence-corrected chi connectivity index (χ0v) is 10.4. The summed E-state index contributed by atoms with van der Waals surface area (Å²) in [7, 11) is 0. The maximum Gasteiger partial charge on any atom is 0.224 e. The number of rotatable bonds is 5. The lowest BCUT2D eigenvalue weighted by atomic mass is 10.0. The molecule has 0 amide bonds. The second kappa shape index (κ2) is 5.03. The maximum atomic E-state index is 5.90. The quantitative estimate of drug-likeness (QED) is 0.784. The normalized spacial score (nSPS) is 12.0. The van der Waals surface area contributed by atoms with E-state index in [-0.39, 0.29) is 4.75 Å². The van der Waals surface area contributed by atoms with E-state index in [0.717, 1.165) is 19.4 Å². The first kappa shape index (κ1) is 11.9. The van der Waals surface area contributed by atoms with Crippen molar-refractivity contribution in [3.8, 4) is 0 Å². The van der Waals surface area contributed by atoms with Gasteiger partial charge >= 0.3 is 0 Å². The van der Waals surface area contributed by atoms with Crippen LogP contribution in [0.4, 0.5) is 0 Å². The highest BCUT2D eigenvalue weighted by atomic mass is 35.5. The van der Waals surface area contributed by atoms with Crippen molar-refractivity contribution < 1.29 is 0 Å². The van der Waals surface area contributed by atoms with Crippen LogP contribution < -0.4 is 0 Å². The van der Waals surface area contributed by atoms with E-state index in [1.54, 1.807) is 6.33 Å². The van der Waals surface area contributed by atoms with Crippen molar-refractivity contribution in [3.63, 3.8) is 0 Å². The van der Waals surface area contributed by atoms with Gasteiger partial charge in [0.15, 0.2) is 0 Å². The molecule has 1 heterocycles. The van der Waals surface area contributed by atoms with E-state index in [2.05, 4.69) is 30.3 Å². The minimum Gasteiger partial charge on any atom is -0.303 e. The van der Waals surface area contributed by atoms with Gasteiger partial charge in [-0.15, -0.1) is 10.2 Å². The van der Waals surface area contributed by atoms with Gasteiger partial charge in [-0.2, -0.15) is 11.8 Å². The van der Waals surface area contributed by atoms with Crippen LogP contribution >= 0.6 is 23.4 Å². The van der Waals surface area contributed by atoms with E-state index in [1.165, 1.54) is 0 Å². The summed E-state index contributed by atoms with van der Waals surface area (Å²) in [5.41, 5.74) is 0. The van der Waals surface area contributed by atoms with Gasteiger partial charge in [0.2, 0.25) is 5.28 Å². The number of hydrogen-bond donors (Lipinski definition) is 0. The second-order valence-electron chi connectivity index (χ2n) is 3.32. The molecule has 0 aromatic carbocycles. The first-order valence-electron chi connectivity index (χ1n) is 4.76. The van der Waals surface area contributed by atoms with E-state index in [4.69, 9.17) is 11.6 Å². The largest absolute Gasteiger partial charge is 0.303 e. The summed E-state index contributed by atoms with van der Waals surface area (Å²) in [4.78, 5) is 0. The van der Waals surface area contributed by atoms with E-state index in [1.807, 2.05) is 16.3 Å². The molecule has 0 radical (unpaired) electrons. The molecule has 0 atom stereocenters. The number of thioether (sulfide) groups is 1. The van der Waals surface area contributed by atoms with Gasteiger partial charge in [0.05, 0.1) is 0 Å². The van der Waals surface area contributed by atoms with Crippen molar-refractivity contribution in [2.24, 2.45) is 0 Å². The molecule has 0 saturated carbocycles. The highest BCUT2D eigenvalue weighted by Crippen LogP contribution is 2.32. The summed E-state index contributed by atoms with van der Waals surface area (Å²) in [6, 6.07) is 0. The summed E-state index contributed by atoms with van der Waals surface area (Å²) >= 11 is 7.79. The molecule has 14 heavy (non-hydrogen) atoms. The van der Waals surface area contributed by atoms with Crippen LogP contribution in [0.3, 0.4) is 0 Å². The van der Waals surface area contributed by atoms with Gasteiger partial charge in [-0.05, 0) is 30.7 Å². The van der Waals surface area contributed by atoms with Crippen LogP contribution in [0.2, 0.25) is 5.28 Å². The lowest BCUT2D eigenvalue weighted by molar-refractivity contribution is 0.466. The molecule has 3 nitrogen and oxygen atoms in total. The van der Waals surface area contributed by atoms with Crippen LogP contribution in [0.5, 0.6) is 0 Å². The van der Waals surface area contributed by atoms with Gasteiger partial charge in [0.25, 0.3) is 0 Å². The van der Waals surface area contributed by atoms with Crippen molar-refractivity contribution in [2.75, 3.05) is 6.26 Å². The lowest BCUT2D eigenvalue weighted by Gasteiger charge is -2.29. The van der Waals surface area contributed by atoms with Gasteiger partial charge in [0, 0.05) is 11.3 Å². The Kier molecular flexibility index (Phi) is 4.26. The zero-order chi connectivity index (χ0) is 10.6. The smallest absolute Gasteiger partial charge is 0.224 e. The van der Waals surface area contributed by atoms with E-state index in [0.29, 0.717) is 5.28 Å². The second-order valence-corrected chi connectivity index (χ2v) is 4.93. The average molecular weight is 234 g/mol. The monoisotopic (exact) mass is 233 g/mol. The van der Waals surface area contributed by atoms with Crippen LogP contribution in [0.25, 0.3) is 0 Å². The molecule has 0 aliphatic rings. The Morgan fingerprint density at radius 3 is 2.50 bits per heavy atom. The fraction of sp³-hybridized carbons (Fsp3) is 0.778. The third-order valence-electron chi connectivity index (χ3n) is 2.75. The third-order valence-corrected chi connectivity index (χ3v) is 4.61. The van der Waals surface area contributed by atoms with Crippen LogP contribution in [0.1, 0.15) is 26.7 Å². The third kappa shape index (κ3) is 2.42. The van der Waals surface area contributed by atoms with Gasteiger partial charge in [-0.25, -0.2) is 0 Å². The van der Waals surface area contributed by atoms with Gasteiger partial charge in [0.1, 0.15) is 6.33 Å². The molecule has 0 N–H and O–H groups in total.